The Labute approximate surface area is 120 Å². The number of rotatable bonds is 5. The molecule has 0 atom stereocenters. The van der Waals surface area contributed by atoms with Crippen molar-refractivity contribution >= 4 is 23.5 Å². The van der Waals surface area contributed by atoms with Gasteiger partial charge in [0.05, 0.1) is 0 Å². The molecule has 1 heterocycles. The minimum Gasteiger partial charge on any atom is -0.477 e. The van der Waals surface area contributed by atoms with Crippen molar-refractivity contribution < 1.29 is 14.7 Å². The summed E-state index contributed by atoms with van der Waals surface area (Å²) in [6.07, 6.45) is 1.55. The van der Waals surface area contributed by atoms with E-state index in [1.165, 1.54) is 10.6 Å². The van der Waals surface area contributed by atoms with E-state index in [9.17, 15) is 9.59 Å². The van der Waals surface area contributed by atoms with Gasteiger partial charge >= 0.3 is 5.97 Å². The number of benzene rings is 1. The molecular weight excluding hydrogens is 280 g/mol. The van der Waals surface area contributed by atoms with Gasteiger partial charge in [0.15, 0.2) is 0 Å². The fraction of sp³-hybridized carbons (Fsp3) is 0.143. The highest BCUT2D eigenvalue weighted by molar-refractivity contribution is 6.31. The summed E-state index contributed by atoms with van der Waals surface area (Å²) in [6.45, 7) is 0.265. The lowest BCUT2D eigenvalue weighted by Crippen LogP contribution is -2.28. The first-order valence-corrected chi connectivity index (χ1v) is 6.34. The maximum absolute atomic E-state index is 11.8. The number of nitrogens with one attached hydrogen (secondary N) is 1. The predicted octanol–water partition coefficient (Wildman–Crippen LogP) is 2.16. The minimum atomic E-state index is -1.06. The van der Waals surface area contributed by atoms with Gasteiger partial charge in [0.25, 0.3) is 0 Å². The highest BCUT2D eigenvalue weighted by atomic mass is 35.5. The van der Waals surface area contributed by atoms with E-state index in [0.29, 0.717) is 11.6 Å². The number of aromatic carboxylic acids is 1. The quantitative estimate of drug-likeness (QED) is 0.887. The summed E-state index contributed by atoms with van der Waals surface area (Å²) in [7, 11) is 0. The molecule has 0 aliphatic rings. The van der Waals surface area contributed by atoms with Crippen molar-refractivity contribution in [3.05, 3.63) is 58.9 Å². The molecule has 1 aromatic carbocycles. The van der Waals surface area contributed by atoms with Crippen LogP contribution in [-0.2, 0) is 17.9 Å². The van der Waals surface area contributed by atoms with Gasteiger partial charge < -0.3 is 15.0 Å². The van der Waals surface area contributed by atoms with E-state index in [1.807, 2.05) is 18.2 Å². The molecule has 0 aliphatic carbocycles. The maximum Gasteiger partial charge on any atom is 0.352 e. The Bertz CT molecular complexity index is 637. The summed E-state index contributed by atoms with van der Waals surface area (Å²) >= 11 is 5.98. The first-order chi connectivity index (χ1) is 9.58. The zero-order valence-corrected chi connectivity index (χ0v) is 11.3. The van der Waals surface area contributed by atoms with Gasteiger partial charge in [-0.15, -0.1) is 0 Å². The predicted molar refractivity (Wildman–Crippen MR) is 74.7 cm³/mol. The molecule has 0 unspecified atom stereocenters. The van der Waals surface area contributed by atoms with Gasteiger partial charge in [0, 0.05) is 17.8 Å². The summed E-state index contributed by atoms with van der Waals surface area (Å²) in [5.41, 5.74) is 0.895. The van der Waals surface area contributed by atoms with Crippen molar-refractivity contribution in [2.24, 2.45) is 0 Å². The Balaban J connectivity index is 1.95. The second-order valence-electron chi connectivity index (χ2n) is 4.19. The summed E-state index contributed by atoms with van der Waals surface area (Å²) in [5, 5.41) is 12.2. The van der Waals surface area contributed by atoms with Crippen LogP contribution >= 0.6 is 11.6 Å². The van der Waals surface area contributed by atoms with Crippen LogP contribution in [0.25, 0.3) is 0 Å². The first kappa shape index (κ1) is 14.1. The zero-order chi connectivity index (χ0) is 14.5. The van der Waals surface area contributed by atoms with E-state index in [2.05, 4.69) is 5.32 Å². The molecule has 0 saturated heterocycles. The molecule has 1 amide bonds. The largest absolute Gasteiger partial charge is 0.477 e. The Morgan fingerprint density at radius 3 is 2.65 bits per heavy atom. The third-order valence-corrected chi connectivity index (χ3v) is 3.17. The number of aromatic nitrogens is 1. The van der Waals surface area contributed by atoms with Crippen LogP contribution in [-0.4, -0.2) is 21.6 Å². The summed E-state index contributed by atoms with van der Waals surface area (Å²) in [6, 6.07) is 10.3. The lowest BCUT2D eigenvalue weighted by atomic mass is 10.2. The van der Waals surface area contributed by atoms with Crippen LogP contribution in [0.15, 0.2) is 42.6 Å². The number of carbonyl (C=O) groups excluding carboxylic acids is 1. The summed E-state index contributed by atoms with van der Waals surface area (Å²) in [4.78, 5) is 22.7. The van der Waals surface area contributed by atoms with Crippen molar-refractivity contribution in [2.45, 2.75) is 13.1 Å². The van der Waals surface area contributed by atoms with Gasteiger partial charge in [0.2, 0.25) is 5.91 Å². The van der Waals surface area contributed by atoms with Gasteiger partial charge in [-0.3, -0.25) is 4.79 Å². The van der Waals surface area contributed by atoms with Crippen molar-refractivity contribution in [1.82, 2.24) is 9.88 Å². The number of halogens is 1. The fourth-order valence-corrected chi connectivity index (χ4v) is 1.99. The third-order valence-electron chi connectivity index (χ3n) is 2.80. The lowest BCUT2D eigenvalue weighted by molar-refractivity contribution is -0.121. The molecule has 5 nitrogen and oxygen atoms in total. The summed E-state index contributed by atoms with van der Waals surface area (Å²) in [5.74, 6) is -1.34. The van der Waals surface area contributed by atoms with E-state index >= 15 is 0 Å². The Morgan fingerprint density at radius 1 is 1.20 bits per heavy atom. The van der Waals surface area contributed by atoms with Crippen LogP contribution < -0.4 is 5.32 Å². The van der Waals surface area contributed by atoms with Crippen molar-refractivity contribution in [3.8, 4) is 0 Å². The van der Waals surface area contributed by atoms with Crippen molar-refractivity contribution in [3.63, 3.8) is 0 Å². The van der Waals surface area contributed by atoms with Crippen LogP contribution in [0, 0.1) is 0 Å². The van der Waals surface area contributed by atoms with Gasteiger partial charge in [0.1, 0.15) is 12.2 Å². The molecule has 0 fully saturated rings. The number of nitrogens with zero attached hydrogens (tertiary/aromatic N) is 1. The fourth-order valence-electron chi connectivity index (χ4n) is 1.79. The molecule has 1 aromatic heterocycles. The molecule has 0 spiro atoms. The van der Waals surface area contributed by atoms with Crippen LogP contribution in [0.5, 0.6) is 0 Å². The van der Waals surface area contributed by atoms with Crippen LogP contribution in [0.1, 0.15) is 16.1 Å². The number of carbonyl (C=O) groups is 2. The molecular formula is C14H13ClN2O3. The molecule has 0 aliphatic heterocycles. The molecule has 104 valence electrons. The Hall–Kier alpha value is -2.27. The molecule has 2 N–H and O–H groups in total. The van der Waals surface area contributed by atoms with Crippen LogP contribution in [0.3, 0.4) is 0 Å². The van der Waals surface area contributed by atoms with E-state index < -0.39 is 5.97 Å². The first-order valence-electron chi connectivity index (χ1n) is 5.96. The second-order valence-corrected chi connectivity index (χ2v) is 4.60. The molecule has 2 aromatic rings. The minimum absolute atomic E-state index is 0.0426. The van der Waals surface area contributed by atoms with E-state index in [1.54, 1.807) is 18.3 Å². The molecule has 20 heavy (non-hydrogen) atoms. The SMILES string of the molecule is O=C(Cn1cccc1C(=O)O)NCc1ccccc1Cl. The van der Waals surface area contributed by atoms with Gasteiger partial charge in [-0.1, -0.05) is 29.8 Å². The number of carboxylic acid groups (broad SMARTS) is 1. The number of amides is 1. The lowest BCUT2D eigenvalue weighted by Gasteiger charge is -2.09. The normalized spacial score (nSPS) is 10.2. The number of hydrogen-bond donors (Lipinski definition) is 2. The standard InChI is InChI=1S/C14H13ClN2O3/c15-11-5-2-1-4-10(11)8-16-13(18)9-17-7-3-6-12(17)14(19)20/h1-7H,8-9H2,(H,16,18)(H,19,20). The van der Waals surface area contributed by atoms with Crippen LogP contribution in [0.4, 0.5) is 0 Å². The third kappa shape index (κ3) is 3.39. The average molecular weight is 293 g/mol. The van der Waals surface area contributed by atoms with E-state index in [-0.39, 0.29) is 18.1 Å². The highest BCUT2D eigenvalue weighted by Crippen LogP contribution is 2.14. The van der Waals surface area contributed by atoms with Gasteiger partial charge in [-0.2, -0.15) is 0 Å². The van der Waals surface area contributed by atoms with E-state index in [0.717, 1.165) is 5.56 Å². The van der Waals surface area contributed by atoms with Crippen LogP contribution in [0.2, 0.25) is 5.02 Å². The molecule has 0 bridgehead atoms. The molecule has 6 heteroatoms. The average Bonchev–Trinajstić information content (AvgIpc) is 2.86. The topological polar surface area (TPSA) is 71.3 Å². The zero-order valence-electron chi connectivity index (χ0n) is 10.5. The van der Waals surface area contributed by atoms with Gasteiger partial charge in [-0.25, -0.2) is 4.79 Å². The number of hydrogen-bond acceptors (Lipinski definition) is 2. The highest BCUT2D eigenvalue weighted by Gasteiger charge is 2.11. The molecule has 0 radical (unpaired) electrons. The Morgan fingerprint density at radius 2 is 1.95 bits per heavy atom. The monoisotopic (exact) mass is 292 g/mol. The summed E-state index contributed by atoms with van der Waals surface area (Å²) < 4.78 is 1.38. The smallest absolute Gasteiger partial charge is 0.352 e. The van der Waals surface area contributed by atoms with Gasteiger partial charge in [-0.05, 0) is 23.8 Å². The number of carboxylic acids is 1. The molecule has 2 rings (SSSR count). The molecule has 0 saturated carbocycles. The van der Waals surface area contributed by atoms with Crippen molar-refractivity contribution in [1.29, 1.82) is 0 Å². The Kier molecular flexibility index (Phi) is 4.42. The maximum atomic E-state index is 11.8. The van der Waals surface area contributed by atoms with Crippen molar-refractivity contribution in [2.75, 3.05) is 0 Å². The second kappa shape index (κ2) is 6.25. The van der Waals surface area contributed by atoms with E-state index in [4.69, 9.17) is 16.7 Å².